The Labute approximate surface area is 197 Å². The molecule has 0 spiro atoms. The number of hydrogen-bond acceptors (Lipinski definition) is 4. The third kappa shape index (κ3) is 9.67. The van der Waals surface area contributed by atoms with Crippen LogP contribution in [0, 0.1) is 0 Å². The molecule has 0 aliphatic heterocycles. The van der Waals surface area contributed by atoms with E-state index >= 15 is 0 Å². The van der Waals surface area contributed by atoms with Crippen molar-refractivity contribution in [1.82, 2.24) is 10.6 Å². The fraction of sp³-hybridized carbons (Fsp3) is 0.435. The molecule has 6 nitrogen and oxygen atoms in total. The van der Waals surface area contributed by atoms with Crippen molar-refractivity contribution in [2.45, 2.75) is 25.8 Å². The normalized spacial score (nSPS) is 10.8. The molecule has 0 unspecified atom stereocenters. The second-order valence-corrected chi connectivity index (χ2v) is 6.59. The second kappa shape index (κ2) is 15.8. The van der Waals surface area contributed by atoms with Gasteiger partial charge in [-0.15, -0.1) is 24.0 Å². The van der Waals surface area contributed by atoms with Gasteiger partial charge in [-0.05, 0) is 37.0 Å². The van der Waals surface area contributed by atoms with Gasteiger partial charge in [0.2, 0.25) is 0 Å². The molecule has 2 aromatic rings. The largest absolute Gasteiger partial charge is 0.497 e. The van der Waals surface area contributed by atoms with Crippen LogP contribution in [0.3, 0.4) is 0 Å². The molecule has 0 bridgehead atoms. The van der Waals surface area contributed by atoms with Crippen LogP contribution < -0.4 is 20.1 Å². The third-order valence-corrected chi connectivity index (χ3v) is 4.55. The number of ether oxygens (including phenoxy) is 3. The van der Waals surface area contributed by atoms with E-state index in [9.17, 15) is 0 Å². The van der Waals surface area contributed by atoms with Crippen molar-refractivity contribution >= 4 is 29.9 Å². The number of benzene rings is 2. The van der Waals surface area contributed by atoms with Crippen molar-refractivity contribution < 1.29 is 14.2 Å². The van der Waals surface area contributed by atoms with Gasteiger partial charge in [-0.1, -0.05) is 30.3 Å². The quantitative estimate of drug-likeness (QED) is 0.189. The van der Waals surface area contributed by atoms with E-state index in [1.807, 2.05) is 24.3 Å². The summed E-state index contributed by atoms with van der Waals surface area (Å²) in [7, 11) is 5.08. The Hall–Kier alpha value is -2.00. The summed E-state index contributed by atoms with van der Waals surface area (Å²) in [6.45, 7) is 3.02. The molecule has 0 heterocycles. The van der Waals surface area contributed by atoms with Gasteiger partial charge >= 0.3 is 0 Å². The first-order chi connectivity index (χ1) is 14.3. The molecule has 0 radical (unpaired) electrons. The van der Waals surface area contributed by atoms with Crippen molar-refractivity contribution in [3.8, 4) is 11.5 Å². The molecule has 2 rings (SSSR count). The van der Waals surface area contributed by atoms with E-state index in [-0.39, 0.29) is 24.0 Å². The third-order valence-electron chi connectivity index (χ3n) is 4.55. The number of halogens is 1. The molecule has 0 fully saturated rings. The minimum atomic E-state index is 0. The van der Waals surface area contributed by atoms with Crippen LogP contribution in [-0.4, -0.2) is 47.0 Å². The highest BCUT2D eigenvalue weighted by atomic mass is 127. The summed E-state index contributed by atoms with van der Waals surface area (Å²) in [5.74, 6) is 2.34. The van der Waals surface area contributed by atoms with E-state index in [1.165, 1.54) is 5.56 Å². The Balaban J connectivity index is 0.00000450. The lowest BCUT2D eigenvalue weighted by Gasteiger charge is -2.14. The molecule has 0 amide bonds. The first-order valence-corrected chi connectivity index (χ1v) is 10.0. The number of unbranched alkanes of at least 4 members (excludes halogenated alkanes) is 1. The predicted molar refractivity (Wildman–Crippen MR) is 133 cm³/mol. The average molecular weight is 527 g/mol. The maximum atomic E-state index is 5.72. The van der Waals surface area contributed by atoms with Gasteiger partial charge in [-0.2, -0.15) is 0 Å². The lowest BCUT2D eigenvalue weighted by Crippen LogP contribution is -2.37. The number of guanidine groups is 1. The molecular formula is C23H34IN3O3. The first kappa shape index (κ1) is 26.0. The van der Waals surface area contributed by atoms with Crippen LogP contribution in [-0.2, 0) is 17.7 Å². The highest BCUT2D eigenvalue weighted by Crippen LogP contribution is 2.24. The van der Waals surface area contributed by atoms with Gasteiger partial charge in [0.25, 0.3) is 0 Å². The maximum absolute atomic E-state index is 5.72. The number of aliphatic imine (C=N–C) groups is 1. The Morgan fingerprint density at radius 3 is 2.43 bits per heavy atom. The standard InChI is InChI=1S/C23H33N3O3.HI/c1-24-23(26-18-20-11-12-21(27-2)17-22(20)28-3)25-14-7-8-15-29-16-13-19-9-5-4-6-10-19;/h4-6,9-12,17H,7-8,13-16,18H2,1-3H3,(H2,24,25,26);1H. The Bertz CT molecular complexity index is 742. The Morgan fingerprint density at radius 2 is 1.73 bits per heavy atom. The molecule has 0 aliphatic carbocycles. The molecule has 2 N–H and O–H groups in total. The number of hydrogen-bond donors (Lipinski definition) is 2. The Morgan fingerprint density at radius 1 is 0.933 bits per heavy atom. The Kier molecular flexibility index (Phi) is 13.7. The van der Waals surface area contributed by atoms with Crippen LogP contribution in [0.5, 0.6) is 11.5 Å². The molecular weight excluding hydrogens is 493 g/mol. The summed E-state index contributed by atoms with van der Waals surface area (Å²) in [5, 5.41) is 6.65. The van der Waals surface area contributed by atoms with Crippen LogP contribution in [0.4, 0.5) is 0 Å². The number of nitrogens with one attached hydrogen (secondary N) is 2. The van der Waals surface area contributed by atoms with Crippen molar-refractivity contribution in [2.24, 2.45) is 4.99 Å². The van der Waals surface area contributed by atoms with Gasteiger partial charge in [-0.3, -0.25) is 4.99 Å². The van der Waals surface area contributed by atoms with Crippen LogP contribution >= 0.6 is 24.0 Å². The molecule has 30 heavy (non-hydrogen) atoms. The van der Waals surface area contributed by atoms with Crippen LogP contribution in [0.15, 0.2) is 53.5 Å². The van der Waals surface area contributed by atoms with E-state index in [2.05, 4.69) is 39.9 Å². The van der Waals surface area contributed by atoms with Gasteiger partial charge in [0, 0.05) is 38.4 Å². The molecule has 0 aliphatic rings. The van der Waals surface area contributed by atoms with Crippen molar-refractivity contribution in [3.63, 3.8) is 0 Å². The van der Waals surface area contributed by atoms with Gasteiger partial charge < -0.3 is 24.8 Å². The van der Waals surface area contributed by atoms with Crippen LogP contribution in [0.1, 0.15) is 24.0 Å². The van der Waals surface area contributed by atoms with E-state index in [4.69, 9.17) is 14.2 Å². The van der Waals surface area contributed by atoms with E-state index in [0.29, 0.717) is 6.54 Å². The zero-order valence-electron chi connectivity index (χ0n) is 18.1. The fourth-order valence-corrected chi connectivity index (χ4v) is 2.87. The maximum Gasteiger partial charge on any atom is 0.191 e. The molecule has 0 saturated carbocycles. The minimum Gasteiger partial charge on any atom is -0.497 e. The predicted octanol–water partition coefficient (Wildman–Crippen LogP) is 4.03. The highest BCUT2D eigenvalue weighted by Gasteiger charge is 2.06. The summed E-state index contributed by atoms with van der Waals surface area (Å²) < 4.78 is 16.4. The van der Waals surface area contributed by atoms with Gasteiger partial charge in [0.1, 0.15) is 11.5 Å². The SMILES string of the molecule is CN=C(NCCCCOCCc1ccccc1)NCc1ccc(OC)cc1OC.I. The van der Waals surface area contributed by atoms with Crippen LogP contribution in [0.2, 0.25) is 0 Å². The lowest BCUT2D eigenvalue weighted by atomic mass is 10.2. The molecule has 0 atom stereocenters. The minimum absolute atomic E-state index is 0. The van der Waals surface area contributed by atoms with Crippen molar-refractivity contribution in [2.75, 3.05) is 41.0 Å². The van der Waals surface area contributed by atoms with E-state index in [1.54, 1.807) is 21.3 Å². The average Bonchev–Trinajstić information content (AvgIpc) is 2.78. The van der Waals surface area contributed by atoms with E-state index < -0.39 is 0 Å². The van der Waals surface area contributed by atoms with Gasteiger partial charge in [-0.25, -0.2) is 0 Å². The zero-order chi connectivity index (χ0) is 20.7. The lowest BCUT2D eigenvalue weighted by molar-refractivity contribution is 0.133. The smallest absolute Gasteiger partial charge is 0.191 e. The monoisotopic (exact) mass is 527 g/mol. The molecule has 0 saturated heterocycles. The summed E-state index contributed by atoms with van der Waals surface area (Å²) >= 11 is 0. The molecule has 2 aromatic carbocycles. The second-order valence-electron chi connectivity index (χ2n) is 6.59. The number of methoxy groups -OCH3 is 2. The van der Waals surface area contributed by atoms with Crippen molar-refractivity contribution in [3.05, 3.63) is 59.7 Å². The van der Waals surface area contributed by atoms with E-state index in [0.717, 1.165) is 62.0 Å². The first-order valence-electron chi connectivity index (χ1n) is 10.0. The topological polar surface area (TPSA) is 64.1 Å². The zero-order valence-corrected chi connectivity index (χ0v) is 20.5. The summed E-state index contributed by atoms with van der Waals surface area (Å²) in [6.07, 6.45) is 3.01. The summed E-state index contributed by atoms with van der Waals surface area (Å²) in [6, 6.07) is 16.2. The summed E-state index contributed by atoms with van der Waals surface area (Å²) in [5.41, 5.74) is 2.36. The molecule has 0 aromatic heterocycles. The van der Waals surface area contributed by atoms with Gasteiger partial charge in [0.05, 0.1) is 20.8 Å². The van der Waals surface area contributed by atoms with Crippen molar-refractivity contribution in [1.29, 1.82) is 0 Å². The molecule has 166 valence electrons. The number of nitrogens with zero attached hydrogens (tertiary/aromatic N) is 1. The fourth-order valence-electron chi connectivity index (χ4n) is 2.87. The van der Waals surface area contributed by atoms with Crippen LogP contribution in [0.25, 0.3) is 0 Å². The number of rotatable bonds is 12. The highest BCUT2D eigenvalue weighted by molar-refractivity contribution is 14.0. The molecule has 7 heteroatoms. The summed E-state index contributed by atoms with van der Waals surface area (Å²) in [4.78, 5) is 4.27. The van der Waals surface area contributed by atoms with Gasteiger partial charge in [0.15, 0.2) is 5.96 Å².